The van der Waals surface area contributed by atoms with Gasteiger partial charge in [0.05, 0.1) is 30.5 Å². The Balaban J connectivity index is 1.67. The van der Waals surface area contributed by atoms with Gasteiger partial charge in [0.1, 0.15) is 0 Å². The molecule has 3 rings (SSSR count). The second-order valence-corrected chi connectivity index (χ2v) is 7.92. The van der Waals surface area contributed by atoms with Crippen molar-refractivity contribution in [2.24, 2.45) is 23.7 Å². The van der Waals surface area contributed by atoms with Crippen LogP contribution in [0.25, 0.3) is 0 Å². The lowest BCUT2D eigenvalue weighted by Crippen LogP contribution is -2.51. The maximum atomic E-state index is 12.9. The van der Waals surface area contributed by atoms with Crippen LogP contribution < -0.4 is 5.32 Å². The summed E-state index contributed by atoms with van der Waals surface area (Å²) < 4.78 is 0. The summed E-state index contributed by atoms with van der Waals surface area (Å²) in [6, 6.07) is 0. The van der Waals surface area contributed by atoms with Gasteiger partial charge >= 0.3 is 0 Å². The van der Waals surface area contributed by atoms with Crippen molar-refractivity contribution in [2.75, 3.05) is 19.7 Å². The van der Waals surface area contributed by atoms with Crippen LogP contribution >= 0.6 is 0 Å². The third-order valence-corrected chi connectivity index (χ3v) is 5.47. The number of allylic oxidation sites excluding steroid dienone is 2. The molecule has 7 heteroatoms. The highest BCUT2D eigenvalue weighted by Gasteiger charge is 2.60. The summed E-state index contributed by atoms with van der Waals surface area (Å²) in [4.78, 5) is 37.8. The lowest BCUT2D eigenvalue weighted by Gasteiger charge is -2.30. The van der Waals surface area contributed by atoms with Gasteiger partial charge in [-0.15, -0.1) is 6.42 Å². The van der Waals surface area contributed by atoms with Crippen molar-refractivity contribution < 1.29 is 19.5 Å². The summed E-state index contributed by atoms with van der Waals surface area (Å²) in [5.74, 6) is 1.46. The summed E-state index contributed by atoms with van der Waals surface area (Å²) in [6.45, 7) is 3.48. The SMILES string of the molecule is C#CCN(CCC(=O)NC(C)(C)CO)N1C(=O)C2C3C=CC(C3)C2C1=O. The van der Waals surface area contributed by atoms with E-state index in [2.05, 4.69) is 11.2 Å². The van der Waals surface area contributed by atoms with E-state index >= 15 is 0 Å². The molecule has 2 N–H and O–H groups in total. The lowest BCUT2D eigenvalue weighted by atomic mass is 9.85. The number of terminal acetylenes is 1. The van der Waals surface area contributed by atoms with Crippen molar-refractivity contribution in [3.8, 4) is 12.3 Å². The standard InChI is InChI=1S/C19H25N3O4/c1-4-8-21(9-7-14(24)20-19(2,3)11-23)22-17(25)15-12-5-6-13(10-12)16(15)18(22)26/h1,5-6,12-13,15-16,23H,7-11H2,2-3H3,(H,20,24). The number of hydrazine groups is 1. The number of aliphatic hydroxyl groups excluding tert-OH is 1. The largest absolute Gasteiger partial charge is 0.394 e. The van der Waals surface area contributed by atoms with Crippen LogP contribution in [0.3, 0.4) is 0 Å². The number of nitrogens with one attached hydrogen (secondary N) is 1. The van der Waals surface area contributed by atoms with E-state index in [9.17, 15) is 19.5 Å². The molecule has 2 aliphatic carbocycles. The Morgan fingerprint density at radius 3 is 2.42 bits per heavy atom. The second-order valence-electron chi connectivity index (χ2n) is 7.92. The lowest BCUT2D eigenvalue weighted by molar-refractivity contribution is -0.159. The number of amides is 3. The van der Waals surface area contributed by atoms with E-state index in [0.29, 0.717) is 0 Å². The number of rotatable bonds is 7. The topological polar surface area (TPSA) is 90.0 Å². The summed E-state index contributed by atoms with van der Waals surface area (Å²) in [6.07, 6.45) is 10.4. The maximum absolute atomic E-state index is 12.9. The summed E-state index contributed by atoms with van der Waals surface area (Å²) >= 11 is 0. The summed E-state index contributed by atoms with van der Waals surface area (Å²) in [5, 5.41) is 14.6. The number of aliphatic hydroxyl groups is 1. The predicted octanol–water partition coefficient (Wildman–Crippen LogP) is -0.0791. The Morgan fingerprint density at radius 1 is 1.35 bits per heavy atom. The van der Waals surface area contributed by atoms with Crippen LogP contribution in [0, 0.1) is 36.0 Å². The van der Waals surface area contributed by atoms with E-state index < -0.39 is 5.54 Å². The van der Waals surface area contributed by atoms with Gasteiger partial charge in [0.25, 0.3) is 0 Å². The van der Waals surface area contributed by atoms with Crippen LogP contribution in [0.15, 0.2) is 12.2 Å². The average molecular weight is 359 g/mol. The molecule has 1 saturated heterocycles. The predicted molar refractivity (Wildman–Crippen MR) is 93.9 cm³/mol. The average Bonchev–Trinajstić information content (AvgIpc) is 3.26. The molecule has 7 nitrogen and oxygen atoms in total. The fourth-order valence-electron chi connectivity index (χ4n) is 4.23. The van der Waals surface area contributed by atoms with Crippen molar-refractivity contribution in [3.63, 3.8) is 0 Å². The zero-order valence-corrected chi connectivity index (χ0v) is 15.1. The molecule has 1 saturated carbocycles. The van der Waals surface area contributed by atoms with E-state index in [-0.39, 0.29) is 67.5 Å². The number of nitrogens with zero attached hydrogens (tertiary/aromatic N) is 2. The van der Waals surface area contributed by atoms with Crippen molar-refractivity contribution in [3.05, 3.63) is 12.2 Å². The number of hydrogen-bond donors (Lipinski definition) is 2. The highest BCUT2D eigenvalue weighted by atomic mass is 16.3. The van der Waals surface area contributed by atoms with E-state index in [1.54, 1.807) is 13.8 Å². The molecule has 1 heterocycles. The zero-order valence-electron chi connectivity index (χ0n) is 15.1. The minimum absolute atomic E-state index is 0.0720. The van der Waals surface area contributed by atoms with E-state index in [0.717, 1.165) is 6.42 Å². The molecule has 140 valence electrons. The third-order valence-electron chi connectivity index (χ3n) is 5.47. The molecule has 0 aromatic carbocycles. The van der Waals surface area contributed by atoms with Crippen LogP contribution in [-0.2, 0) is 14.4 Å². The van der Waals surface area contributed by atoms with Gasteiger partial charge in [-0.05, 0) is 32.1 Å². The van der Waals surface area contributed by atoms with Gasteiger partial charge in [-0.2, -0.15) is 5.01 Å². The van der Waals surface area contributed by atoms with E-state index in [1.807, 2.05) is 12.2 Å². The highest BCUT2D eigenvalue weighted by molar-refractivity contribution is 6.06. The Labute approximate surface area is 153 Å². The van der Waals surface area contributed by atoms with Gasteiger partial charge in [-0.3, -0.25) is 14.4 Å². The van der Waals surface area contributed by atoms with Gasteiger partial charge in [-0.1, -0.05) is 18.1 Å². The quantitative estimate of drug-likeness (QED) is 0.377. The van der Waals surface area contributed by atoms with E-state index in [4.69, 9.17) is 6.42 Å². The summed E-state index contributed by atoms with van der Waals surface area (Å²) in [7, 11) is 0. The van der Waals surface area contributed by atoms with Crippen LogP contribution in [0.4, 0.5) is 0 Å². The molecular weight excluding hydrogens is 334 g/mol. The monoisotopic (exact) mass is 359 g/mol. The van der Waals surface area contributed by atoms with Crippen molar-refractivity contribution >= 4 is 17.7 Å². The number of hydrogen-bond acceptors (Lipinski definition) is 5. The van der Waals surface area contributed by atoms with Gasteiger partial charge in [-0.25, -0.2) is 5.01 Å². The fourth-order valence-corrected chi connectivity index (χ4v) is 4.23. The van der Waals surface area contributed by atoms with Crippen LogP contribution in [0.5, 0.6) is 0 Å². The number of fused-ring (bicyclic) bond motifs is 5. The van der Waals surface area contributed by atoms with Crippen LogP contribution in [0.2, 0.25) is 0 Å². The molecule has 0 radical (unpaired) electrons. The molecular formula is C19H25N3O4. The third kappa shape index (κ3) is 3.15. The molecule has 0 aromatic heterocycles. The van der Waals surface area contributed by atoms with Gasteiger partial charge in [0.15, 0.2) is 0 Å². The first-order chi connectivity index (χ1) is 12.3. The summed E-state index contributed by atoms with van der Waals surface area (Å²) in [5.41, 5.74) is -0.727. The van der Waals surface area contributed by atoms with Crippen LogP contribution in [0.1, 0.15) is 26.7 Å². The van der Waals surface area contributed by atoms with Gasteiger partial charge in [0, 0.05) is 13.0 Å². The van der Waals surface area contributed by atoms with E-state index in [1.165, 1.54) is 10.0 Å². The smallest absolute Gasteiger partial charge is 0.248 e. The molecule has 0 spiro atoms. The fraction of sp³-hybridized carbons (Fsp3) is 0.632. The van der Waals surface area contributed by atoms with Gasteiger partial charge < -0.3 is 10.4 Å². The Kier molecular flexibility index (Phi) is 4.91. The number of carbonyl (C=O) groups is 3. The first-order valence-corrected chi connectivity index (χ1v) is 8.95. The van der Waals surface area contributed by atoms with Gasteiger partial charge in [0.2, 0.25) is 17.7 Å². The molecule has 4 unspecified atom stereocenters. The van der Waals surface area contributed by atoms with Crippen molar-refractivity contribution in [1.82, 2.24) is 15.3 Å². The number of imide groups is 1. The Bertz CT molecular complexity index is 663. The minimum atomic E-state index is -0.727. The molecule has 2 fully saturated rings. The normalized spacial score (nSPS) is 29.4. The first kappa shape index (κ1) is 18.6. The number of carbonyl (C=O) groups excluding carboxylic acids is 3. The molecule has 26 heavy (non-hydrogen) atoms. The zero-order chi connectivity index (χ0) is 19.1. The van der Waals surface area contributed by atoms with Crippen molar-refractivity contribution in [2.45, 2.75) is 32.2 Å². The molecule has 4 atom stereocenters. The van der Waals surface area contributed by atoms with Crippen molar-refractivity contribution in [1.29, 1.82) is 0 Å². The molecule has 1 aliphatic heterocycles. The first-order valence-electron chi connectivity index (χ1n) is 8.95. The van der Waals surface area contributed by atoms with Crippen LogP contribution in [-0.4, -0.2) is 58.1 Å². The second kappa shape index (κ2) is 6.86. The molecule has 2 bridgehead atoms. The maximum Gasteiger partial charge on any atom is 0.248 e. The molecule has 0 aromatic rings. The Morgan fingerprint density at radius 2 is 1.92 bits per heavy atom. The molecule has 3 aliphatic rings. The minimum Gasteiger partial charge on any atom is -0.394 e. The highest BCUT2D eigenvalue weighted by Crippen LogP contribution is 2.52. The Hall–Kier alpha value is -2.17. The molecule has 3 amide bonds.